The second-order valence-electron chi connectivity index (χ2n) is 3.65. The molecule has 1 heterocycles. The average Bonchev–Trinajstić information content (AvgIpc) is 2.40. The van der Waals surface area contributed by atoms with Gasteiger partial charge < -0.3 is 15.8 Å². The summed E-state index contributed by atoms with van der Waals surface area (Å²) in [5, 5.41) is 3.20. The van der Waals surface area contributed by atoms with Crippen LogP contribution < -0.4 is 15.8 Å². The van der Waals surface area contributed by atoms with E-state index in [0.29, 0.717) is 13.2 Å². The summed E-state index contributed by atoms with van der Waals surface area (Å²) in [7, 11) is 0. The Bertz CT molecular complexity index is 502. The smallest absolute Gasteiger partial charge is 0.130 e. The Hall–Kier alpha value is -1.59. The third kappa shape index (κ3) is 3.72. The standard InChI is InChI=1S/C13H14BrN3O/c14-10-4-5-13(16-9-10)17-11-2-1-3-12(8-11)18-7-6-15/h1-5,8-9H,6-7,15H2,(H,16,17). The first-order chi connectivity index (χ1) is 8.78. The number of nitrogens with one attached hydrogen (secondary N) is 1. The Labute approximate surface area is 114 Å². The monoisotopic (exact) mass is 307 g/mol. The summed E-state index contributed by atoms with van der Waals surface area (Å²) in [6, 6.07) is 11.5. The van der Waals surface area contributed by atoms with Gasteiger partial charge in [-0.15, -0.1) is 0 Å². The fourth-order valence-corrected chi connectivity index (χ4v) is 1.67. The van der Waals surface area contributed by atoms with Gasteiger partial charge in [0.1, 0.15) is 18.2 Å². The van der Waals surface area contributed by atoms with E-state index < -0.39 is 0 Å². The highest BCUT2D eigenvalue weighted by molar-refractivity contribution is 9.10. The van der Waals surface area contributed by atoms with E-state index in [1.165, 1.54) is 0 Å². The van der Waals surface area contributed by atoms with Gasteiger partial charge in [-0.3, -0.25) is 0 Å². The molecule has 5 heteroatoms. The van der Waals surface area contributed by atoms with Crippen LogP contribution in [0.25, 0.3) is 0 Å². The maximum absolute atomic E-state index is 5.46. The number of benzene rings is 1. The zero-order chi connectivity index (χ0) is 12.8. The second kappa shape index (κ2) is 6.37. The molecular formula is C13H14BrN3O. The lowest BCUT2D eigenvalue weighted by molar-refractivity contribution is 0.328. The molecule has 2 aromatic rings. The van der Waals surface area contributed by atoms with Crippen molar-refractivity contribution < 1.29 is 4.74 Å². The van der Waals surface area contributed by atoms with Gasteiger partial charge in [-0.25, -0.2) is 4.98 Å². The van der Waals surface area contributed by atoms with E-state index in [4.69, 9.17) is 10.5 Å². The van der Waals surface area contributed by atoms with Crippen LogP contribution in [0.5, 0.6) is 5.75 Å². The normalized spacial score (nSPS) is 10.1. The van der Waals surface area contributed by atoms with Crippen LogP contribution in [-0.2, 0) is 0 Å². The number of anilines is 2. The van der Waals surface area contributed by atoms with Crippen LogP contribution in [0.15, 0.2) is 47.1 Å². The molecule has 0 saturated heterocycles. The summed E-state index contributed by atoms with van der Waals surface area (Å²) >= 11 is 3.35. The van der Waals surface area contributed by atoms with Crippen molar-refractivity contribution in [1.82, 2.24) is 4.98 Å². The molecule has 18 heavy (non-hydrogen) atoms. The van der Waals surface area contributed by atoms with Crippen LogP contribution in [0.3, 0.4) is 0 Å². The Kier molecular flexibility index (Phi) is 4.55. The van der Waals surface area contributed by atoms with Gasteiger partial charge in [0.2, 0.25) is 0 Å². The number of aromatic nitrogens is 1. The molecule has 3 N–H and O–H groups in total. The van der Waals surface area contributed by atoms with E-state index in [-0.39, 0.29) is 0 Å². The highest BCUT2D eigenvalue weighted by atomic mass is 79.9. The Balaban J connectivity index is 2.06. The fraction of sp³-hybridized carbons (Fsp3) is 0.154. The van der Waals surface area contributed by atoms with Crippen molar-refractivity contribution in [1.29, 1.82) is 0 Å². The zero-order valence-electron chi connectivity index (χ0n) is 9.77. The number of hydrogen-bond acceptors (Lipinski definition) is 4. The number of nitrogens with two attached hydrogens (primary N) is 1. The number of halogens is 1. The van der Waals surface area contributed by atoms with Crippen LogP contribution in [0.2, 0.25) is 0 Å². The molecule has 0 aliphatic rings. The Morgan fingerprint density at radius 1 is 1.28 bits per heavy atom. The minimum absolute atomic E-state index is 0.506. The molecule has 0 bridgehead atoms. The molecule has 1 aromatic heterocycles. The van der Waals surface area contributed by atoms with E-state index >= 15 is 0 Å². The highest BCUT2D eigenvalue weighted by Gasteiger charge is 1.98. The molecule has 1 aromatic carbocycles. The van der Waals surface area contributed by atoms with Crippen LogP contribution in [0, 0.1) is 0 Å². The third-order valence-electron chi connectivity index (χ3n) is 2.22. The Morgan fingerprint density at radius 2 is 2.17 bits per heavy atom. The maximum Gasteiger partial charge on any atom is 0.130 e. The van der Waals surface area contributed by atoms with Crippen molar-refractivity contribution in [2.75, 3.05) is 18.5 Å². The minimum atomic E-state index is 0.506. The van der Waals surface area contributed by atoms with Gasteiger partial charge in [0.25, 0.3) is 0 Å². The van der Waals surface area contributed by atoms with Gasteiger partial charge in [-0.05, 0) is 40.2 Å². The summed E-state index contributed by atoms with van der Waals surface area (Å²) in [4.78, 5) is 4.25. The predicted octanol–water partition coefficient (Wildman–Crippen LogP) is 2.93. The van der Waals surface area contributed by atoms with Crippen LogP contribution in [0.4, 0.5) is 11.5 Å². The van der Waals surface area contributed by atoms with Gasteiger partial charge in [-0.2, -0.15) is 0 Å². The molecule has 2 rings (SSSR count). The first-order valence-corrected chi connectivity index (χ1v) is 6.39. The molecule has 0 amide bonds. The predicted molar refractivity (Wildman–Crippen MR) is 76.2 cm³/mol. The van der Waals surface area contributed by atoms with Crippen LogP contribution in [-0.4, -0.2) is 18.1 Å². The summed E-state index contributed by atoms with van der Waals surface area (Å²) in [5.41, 5.74) is 6.33. The third-order valence-corrected chi connectivity index (χ3v) is 2.69. The summed E-state index contributed by atoms with van der Waals surface area (Å²) in [6.45, 7) is 1.02. The van der Waals surface area contributed by atoms with Crippen molar-refractivity contribution in [2.24, 2.45) is 5.73 Å². The molecule has 0 unspecified atom stereocenters. The zero-order valence-corrected chi connectivity index (χ0v) is 11.4. The van der Waals surface area contributed by atoms with E-state index in [9.17, 15) is 0 Å². The van der Waals surface area contributed by atoms with E-state index in [2.05, 4.69) is 26.2 Å². The molecule has 4 nitrogen and oxygen atoms in total. The van der Waals surface area contributed by atoms with Crippen molar-refractivity contribution in [3.05, 3.63) is 47.1 Å². The van der Waals surface area contributed by atoms with Gasteiger partial charge >= 0.3 is 0 Å². The van der Waals surface area contributed by atoms with Gasteiger partial charge in [-0.1, -0.05) is 6.07 Å². The largest absolute Gasteiger partial charge is 0.492 e. The van der Waals surface area contributed by atoms with E-state index in [1.807, 2.05) is 36.4 Å². The molecule has 0 aliphatic heterocycles. The number of hydrogen-bond donors (Lipinski definition) is 2. The quantitative estimate of drug-likeness (QED) is 0.891. The number of pyridine rings is 1. The summed E-state index contributed by atoms with van der Waals surface area (Å²) in [6.07, 6.45) is 1.75. The first kappa shape index (κ1) is 12.9. The molecule has 0 atom stereocenters. The second-order valence-corrected chi connectivity index (χ2v) is 4.57. The van der Waals surface area contributed by atoms with Crippen molar-refractivity contribution >= 4 is 27.4 Å². The number of nitrogens with zero attached hydrogens (tertiary/aromatic N) is 1. The van der Waals surface area contributed by atoms with Gasteiger partial charge in [0, 0.05) is 29.0 Å². The van der Waals surface area contributed by atoms with Gasteiger partial charge in [0.05, 0.1) is 0 Å². The number of ether oxygens (including phenoxy) is 1. The number of rotatable bonds is 5. The van der Waals surface area contributed by atoms with E-state index in [1.54, 1.807) is 6.20 Å². The SMILES string of the molecule is NCCOc1cccc(Nc2ccc(Br)cn2)c1. The van der Waals surface area contributed by atoms with Crippen molar-refractivity contribution in [2.45, 2.75) is 0 Å². The molecule has 0 aliphatic carbocycles. The topological polar surface area (TPSA) is 60.2 Å². The summed E-state index contributed by atoms with van der Waals surface area (Å²) < 4.78 is 6.41. The fourth-order valence-electron chi connectivity index (χ4n) is 1.44. The highest BCUT2D eigenvalue weighted by Crippen LogP contribution is 2.21. The van der Waals surface area contributed by atoms with Crippen LogP contribution in [0.1, 0.15) is 0 Å². The summed E-state index contributed by atoms with van der Waals surface area (Å²) in [5.74, 6) is 1.58. The van der Waals surface area contributed by atoms with Crippen molar-refractivity contribution in [3.8, 4) is 5.75 Å². The molecule has 0 radical (unpaired) electrons. The molecular weight excluding hydrogens is 294 g/mol. The molecule has 0 spiro atoms. The lowest BCUT2D eigenvalue weighted by Gasteiger charge is -2.08. The first-order valence-electron chi connectivity index (χ1n) is 5.59. The Morgan fingerprint density at radius 3 is 2.89 bits per heavy atom. The molecule has 0 fully saturated rings. The lowest BCUT2D eigenvalue weighted by Crippen LogP contribution is -2.10. The average molecular weight is 308 g/mol. The van der Waals surface area contributed by atoms with Crippen molar-refractivity contribution in [3.63, 3.8) is 0 Å². The van der Waals surface area contributed by atoms with Crippen LogP contribution >= 0.6 is 15.9 Å². The van der Waals surface area contributed by atoms with E-state index in [0.717, 1.165) is 21.7 Å². The molecule has 94 valence electrons. The van der Waals surface area contributed by atoms with Gasteiger partial charge in [0.15, 0.2) is 0 Å². The maximum atomic E-state index is 5.46. The molecule has 0 saturated carbocycles. The lowest BCUT2D eigenvalue weighted by atomic mass is 10.3. The minimum Gasteiger partial charge on any atom is -0.492 e.